The number of aromatic hydroxyl groups is 1. The van der Waals surface area contributed by atoms with Gasteiger partial charge in [0.15, 0.2) is 46.0 Å². The van der Waals surface area contributed by atoms with Crippen molar-refractivity contribution in [2.45, 2.75) is 24.6 Å². The first-order valence-electron chi connectivity index (χ1n) is 17.8. The van der Waals surface area contributed by atoms with Crippen LogP contribution in [0.15, 0.2) is 72.8 Å². The van der Waals surface area contributed by atoms with E-state index in [1.54, 1.807) is 13.2 Å². The summed E-state index contributed by atoms with van der Waals surface area (Å²) in [5.74, 6) is 6.78. The van der Waals surface area contributed by atoms with Crippen LogP contribution in [0.3, 0.4) is 0 Å². The Balaban J connectivity index is 0.000000132. The zero-order valence-corrected chi connectivity index (χ0v) is 28.8. The molecule has 8 atom stereocenters. The van der Waals surface area contributed by atoms with Gasteiger partial charge in [0.25, 0.3) is 0 Å². The fraction of sp³-hybridized carbons (Fsp3) is 0.400. The molecule has 7 heterocycles. The first-order valence-corrected chi connectivity index (χ1v) is 17.8. The second kappa shape index (κ2) is 13.4. The Morgan fingerprint density at radius 3 is 1.53 bits per heavy atom. The summed E-state index contributed by atoms with van der Waals surface area (Å²) in [7, 11) is 1.55. The maximum absolute atomic E-state index is 9.82. The van der Waals surface area contributed by atoms with Gasteiger partial charge in [-0.3, -0.25) is 0 Å². The molecule has 11 rings (SSSR count). The Morgan fingerprint density at radius 1 is 0.491 bits per heavy atom. The molecule has 13 heteroatoms. The predicted molar refractivity (Wildman–Crippen MR) is 183 cm³/mol. The standard InChI is InChI=1S/C20H18O7.C20H20O6/c1-3-15-17(25-9-23-15)5-11(1)19-13-7-22-20(14(13)8-21-19)27-12-2-4-16-18(6-12)26-10-24-16;1-22-17-6-11(2-4-15(17)21)19-13-8-24-20(14(13)9-23-19)12-3-5-16-18(7-12)26-10-25-16/h1-6,13-14,19-20H,7-10H2;2-7,13-14,19-21H,8-10H2,1H3/t13-,14-,19+,20+;/m0./s1. The van der Waals surface area contributed by atoms with Crippen LogP contribution in [-0.2, 0) is 18.9 Å². The van der Waals surface area contributed by atoms with Crippen molar-refractivity contribution >= 4 is 0 Å². The second-order valence-electron chi connectivity index (χ2n) is 13.9. The van der Waals surface area contributed by atoms with Gasteiger partial charge in [-0.25, -0.2) is 0 Å². The summed E-state index contributed by atoms with van der Waals surface area (Å²) < 4.78 is 68.2. The molecule has 0 radical (unpaired) electrons. The summed E-state index contributed by atoms with van der Waals surface area (Å²) in [4.78, 5) is 0. The van der Waals surface area contributed by atoms with Crippen molar-refractivity contribution in [1.82, 2.24) is 0 Å². The third-order valence-corrected chi connectivity index (χ3v) is 11.1. The van der Waals surface area contributed by atoms with Crippen LogP contribution in [0.1, 0.15) is 35.0 Å². The average Bonchev–Trinajstić information content (AvgIpc) is 4.03. The highest BCUT2D eigenvalue weighted by Crippen LogP contribution is 2.52. The van der Waals surface area contributed by atoms with Crippen molar-refractivity contribution in [2.24, 2.45) is 23.7 Å². The molecule has 13 nitrogen and oxygen atoms in total. The number of methoxy groups -OCH3 is 1. The van der Waals surface area contributed by atoms with Crippen LogP contribution in [0.25, 0.3) is 0 Å². The number of rotatable bonds is 6. The van der Waals surface area contributed by atoms with Gasteiger partial charge in [0.2, 0.25) is 26.7 Å². The molecule has 0 bridgehead atoms. The Hall–Kier alpha value is -5.08. The molecule has 4 aromatic rings. The van der Waals surface area contributed by atoms with Gasteiger partial charge < -0.3 is 61.9 Å². The van der Waals surface area contributed by atoms with Gasteiger partial charge in [-0.1, -0.05) is 18.2 Å². The van der Waals surface area contributed by atoms with E-state index in [0.717, 1.165) is 45.4 Å². The highest BCUT2D eigenvalue weighted by Gasteiger charge is 2.50. The number of hydrogen-bond acceptors (Lipinski definition) is 13. The van der Waals surface area contributed by atoms with Crippen LogP contribution in [0.2, 0.25) is 0 Å². The van der Waals surface area contributed by atoms with Gasteiger partial charge in [-0.2, -0.15) is 0 Å². The lowest BCUT2D eigenvalue weighted by Gasteiger charge is -2.18. The zero-order chi connectivity index (χ0) is 35.5. The molecule has 0 saturated carbocycles. The Kier molecular flexibility index (Phi) is 8.23. The molecule has 7 aliphatic heterocycles. The SMILES string of the molecule is COc1cc(C2OCC3C(c4ccc5c(c4)OCO5)OCC23)ccc1O.c1cc2c(cc1O[C@H]1OC[C@H]3[C@@H]1CO[C@@H]3c1ccc3c(c1)OCO3)OCO2. The first-order chi connectivity index (χ1) is 26.1. The third-order valence-electron chi connectivity index (χ3n) is 11.1. The quantitative estimate of drug-likeness (QED) is 0.246. The largest absolute Gasteiger partial charge is 0.504 e. The minimum absolute atomic E-state index is 0.0153. The second-order valence-corrected chi connectivity index (χ2v) is 13.9. The topological polar surface area (TPSA) is 131 Å². The molecule has 1 N–H and O–H groups in total. The highest BCUT2D eigenvalue weighted by atomic mass is 16.7. The Morgan fingerprint density at radius 2 is 0.943 bits per heavy atom. The number of phenols is 1. The number of hydrogen-bond donors (Lipinski definition) is 1. The molecule has 7 aliphatic rings. The van der Waals surface area contributed by atoms with E-state index in [-0.39, 0.29) is 74.4 Å². The molecule has 53 heavy (non-hydrogen) atoms. The monoisotopic (exact) mass is 726 g/mol. The summed E-state index contributed by atoms with van der Waals surface area (Å²) in [6.07, 6.45) is -0.448. The van der Waals surface area contributed by atoms with Crippen LogP contribution < -0.4 is 37.9 Å². The normalized spacial score (nSPS) is 29.4. The maximum atomic E-state index is 9.82. The summed E-state index contributed by atoms with van der Waals surface area (Å²) in [5.41, 5.74) is 3.18. The van der Waals surface area contributed by atoms with Gasteiger partial charge in [-0.15, -0.1) is 0 Å². The number of phenolic OH excluding ortho intramolecular Hbond substituents is 1. The van der Waals surface area contributed by atoms with Gasteiger partial charge in [0, 0.05) is 23.8 Å². The molecule has 0 aromatic heterocycles. The number of ether oxygens (including phenoxy) is 12. The van der Waals surface area contributed by atoms with Crippen molar-refractivity contribution in [3.63, 3.8) is 0 Å². The fourth-order valence-electron chi connectivity index (χ4n) is 8.34. The van der Waals surface area contributed by atoms with E-state index in [2.05, 4.69) is 0 Å². The Bertz CT molecular complexity index is 1980. The van der Waals surface area contributed by atoms with E-state index in [9.17, 15) is 5.11 Å². The molecule has 276 valence electrons. The van der Waals surface area contributed by atoms with Crippen molar-refractivity contribution in [3.05, 3.63) is 89.5 Å². The molecule has 4 aromatic carbocycles. The molecular formula is C40H38O13. The minimum atomic E-state index is -0.339. The van der Waals surface area contributed by atoms with Gasteiger partial charge in [-0.05, 0) is 65.2 Å². The number of fused-ring (bicyclic) bond motifs is 5. The molecule has 4 saturated heterocycles. The highest BCUT2D eigenvalue weighted by molar-refractivity contribution is 5.48. The number of benzene rings is 4. The molecule has 4 fully saturated rings. The van der Waals surface area contributed by atoms with Crippen molar-refractivity contribution in [1.29, 1.82) is 0 Å². The first kappa shape index (κ1) is 32.6. The predicted octanol–water partition coefficient (Wildman–Crippen LogP) is 6.09. The van der Waals surface area contributed by atoms with Gasteiger partial charge in [0.05, 0.1) is 57.8 Å². The van der Waals surface area contributed by atoms with E-state index in [4.69, 9.17) is 56.8 Å². The Labute approximate surface area is 305 Å². The molecule has 4 unspecified atom stereocenters. The lowest BCUT2D eigenvalue weighted by molar-refractivity contribution is -0.0788. The maximum Gasteiger partial charge on any atom is 0.231 e. The van der Waals surface area contributed by atoms with Gasteiger partial charge in [0.1, 0.15) is 5.75 Å². The molecule has 0 aliphatic carbocycles. The van der Waals surface area contributed by atoms with E-state index >= 15 is 0 Å². The van der Waals surface area contributed by atoms with Crippen molar-refractivity contribution < 1.29 is 61.9 Å². The lowest BCUT2D eigenvalue weighted by Crippen LogP contribution is -2.26. The summed E-state index contributed by atoms with van der Waals surface area (Å²) >= 11 is 0. The molecular weight excluding hydrogens is 688 g/mol. The smallest absolute Gasteiger partial charge is 0.231 e. The molecule has 0 amide bonds. The van der Waals surface area contributed by atoms with Crippen molar-refractivity contribution in [3.8, 4) is 51.7 Å². The average molecular weight is 727 g/mol. The van der Waals surface area contributed by atoms with E-state index in [1.807, 2.05) is 66.7 Å². The van der Waals surface area contributed by atoms with E-state index < -0.39 is 0 Å². The van der Waals surface area contributed by atoms with Crippen LogP contribution in [0.4, 0.5) is 0 Å². The van der Waals surface area contributed by atoms with Crippen molar-refractivity contribution in [2.75, 3.05) is 53.9 Å². The zero-order valence-electron chi connectivity index (χ0n) is 28.8. The van der Waals surface area contributed by atoms with Crippen LogP contribution in [0.5, 0.6) is 51.7 Å². The minimum Gasteiger partial charge on any atom is -0.504 e. The van der Waals surface area contributed by atoms with E-state index in [0.29, 0.717) is 43.7 Å². The lowest BCUT2D eigenvalue weighted by atomic mass is 9.85. The summed E-state index contributed by atoms with van der Waals surface area (Å²) in [5, 5.41) is 9.82. The van der Waals surface area contributed by atoms with E-state index in [1.165, 1.54) is 0 Å². The fourth-order valence-corrected chi connectivity index (χ4v) is 8.34. The van der Waals surface area contributed by atoms with Crippen LogP contribution >= 0.6 is 0 Å². The van der Waals surface area contributed by atoms with Crippen LogP contribution in [0, 0.1) is 23.7 Å². The van der Waals surface area contributed by atoms with Crippen LogP contribution in [-0.4, -0.2) is 65.3 Å². The third kappa shape index (κ3) is 5.88. The summed E-state index contributed by atoms with van der Waals surface area (Å²) in [6, 6.07) is 22.9. The summed E-state index contributed by atoms with van der Waals surface area (Å²) in [6.45, 7) is 3.25. The molecule has 0 spiro atoms. The van der Waals surface area contributed by atoms with Gasteiger partial charge >= 0.3 is 0 Å².